The highest BCUT2D eigenvalue weighted by Gasteiger charge is 2.17. The highest BCUT2D eigenvalue weighted by atomic mass is 15.3. The van der Waals surface area contributed by atoms with Gasteiger partial charge in [0.1, 0.15) is 11.6 Å². The molecule has 3 aromatic rings. The monoisotopic (exact) mass is 352 g/mol. The Morgan fingerprint density at radius 3 is 2.62 bits per heavy atom. The van der Waals surface area contributed by atoms with Gasteiger partial charge < -0.3 is 10.2 Å². The minimum atomic E-state index is 0.249. The van der Waals surface area contributed by atoms with Crippen molar-refractivity contribution in [3.63, 3.8) is 0 Å². The summed E-state index contributed by atoms with van der Waals surface area (Å²) in [5.41, 5.74) is 3.43. The molecule has 1 aromatic carbocycles. The lowest BCUT2D eigenvalue weighted by atomic mass is 10.0. The van der Waals surface area contributed by atoms with Crippen molar-refractivity contribution in [3.05, 3.63) is 47.4 Å². The maximum atomic E-state index is 4.76. The summed E-state index contributed by atoms with van der Waals surface area (Å²) in [5.74, 6) is 1.95. The summed E-state index contributed by atoms with van der Waals surface area (Å²) in [6.07, 6.45) is 1.83. The molecule has 1 atom stereocenters. The van der Waals surface area contributed by atoms with E-state index in [0.717, 1.165) is 29.2 Å². The molecule has 0 radical (unpaired) electrons. The Bertz CT molecular complexity index is 896. The third-order valence-electron chi connectivity index (χ3n) is 4.64. The van der Waals surface area contributed by atoms with Gasteiger partial charge in [0, 0.05) is 19.5 Å². The lowest BCUT2D eigenvalue weighted by Crippen LogP contribution is -2.27. The SMILES string of the molecule is Cc1cccc(C(CNc2nc(C(C)C)nc3c2cnn3C)N(C)C)c1. The van der Waals surface area contributed by atoms with Crippen molar-refractivity contribution in [2.45, 2.75) is 32.7 Å². The van der Waals surface area contributed by atoms with Crippen LogP contribution in [-0.4, -0.2) is 45.3 Å². The summed E-state index contributed by atoms with van der Waals surface area (Å²) in [6.45, 7) is 7.10. The van der Waals surface area contributed by atoms with Gasteiger partial charge in [-0.3, -0.25) is 4.68 Å². The van der Waals surface area contributed by atoms with E-state index in [9.17, 15) is 0 Å². The summed E-state index contributed by atoms with van der Waals surface area (Å²) < 4.78 is 1.80. The van der Waals surface area contributed by atoms with Crippen LogP contribution < -0.4 is 5.32 Å². The molecule has 0 amide bonds. The lowest BCUT2D eigenvalue weighted by molar-refractivity contribution is 0.311. The Hall–Kier alpha value is -2.47. The molecule has 3 rings (SSSR count). The molecule has 1 N–H and O–H groups in total. The highest BCUT2D eigenvalue weighted by Crippen LogP contribution is 2.25. The van der Waals surface area contributed by atoms with Crippen molar-refractivity contribution >= 4 is 16.9 Å². The number of hydrogen-bond donors (Lipinski definition) is 1. The van der Waals surface area contributed by atoms with Gasteiger partial charge in [-0.1, -0.05) is 43.7 Å². The van der Waals surface area contributed by atoms with Gasteiger partial charge in [0.05, 0.1) is 17.6 Å². The van der Waals surface area contributed by atoms with E-state index >= 15 is 0 Å². The number of nitrogens with one attached hydrogen (secondary N) is 1. The summed E-state index contributed by atoms with van der Waals surface area (Å²) in [6, 6.07) is 8.91. The van der Waals surface area contributed by atoms with Crippen molar-refractivity contribution in [3.8, 4) is 0 Å². The molecule has 6 heteroatoms. The molecule has 0 aliphatic carbocycles. The van der Waals surface area contributed by atoms with Crippen LogP contribution in [0.4, 0.5) is 5.82 Å². The van der Waals surface area contributed by atoms with E-state index in [-0.39, 0.29) is 12.0 Å². The Labute approximate surface area is 155 Å². The first-order valence-corrected chi connectivity index (χ1v) is 9.03. The predicted octanol–water partition coefficient (Wildman–Crippen LogP) is 3.51. The quantitative estimate of drug-likeness (QED) is 0.736. The number of likely N-dealkylation sites (N-methyl/N-ethyl adjacent to an activating group) is 1. The molecule has 0 bridgehead atoms. The van der Waals surface area contributed by atoms with Crippen LogP contribution in [0.25, 0.3) is 11.0 Å². The fourth-order valence-corrected chi connectivity index (χ4v) is 3.10. The molecule has 0 spiro atoms. The number of rotatable bonds is 6. The van der Waals surface area contributed by atoms with Crippen LogP contribution in [0.2, 0.25) is 0 Å². The Morgan fingerprint density at radius 2 is 1.96 bits per heavy atom. The van der Waals surface area contributed by atoms with Crippen molar-refractivity contribution in [2.75, 3.05) is 26.0 Å². The molecule has 138 valence electrons. The van der Waals surface area contributed by atoms with Crippen LogP contribution in [0.1, 0.15) is 42.8 Å². The van der Waals surface area contributed by atoms with Gasteiger partial charge in [0.15, 0.2) is 5.65 Å². The minimum absolute atomic E-state index is 0.249. The number of nitrogens with zero attached hydrogens (tertiary/aromatic N) is 5. The molecule has 0 fully saturated rings. The zero-order valence-electron chi connectivity index (χ0n) is 16.5. The fourth-order valence-electron chi connectivity index (χ4n) is 3.10. The van der Waals surface area contributed by atoms with E-state index in [1.165, 1.54) is 11.1 Å². The fraction of sp³-hybridized carbons (Fsp3) is 0.450. The maximum Gasteiger partial charge on any atom is 0.163 e. The van der Waals surface area contributed by atoms with Gasteiger partial charge in [-0.2, -0.15) is 5.10 Å². The van der Waals surface area contributed by atoms with E-state index in [2.05, 4.69) is 79.4 Å². The first kappa shape index (κ1) is 18.3. The lowest BCUT2D eigenvalue weighted by Gasteiger charge is -2.26. The van der Waals surface area contributed by atoms with E-state index < -0.39 is 0 Å². The molecule has 0 saturated heterocycles. The predicted molar refractivity (Wildman–Crippen MR) is 106 cm³/mol. The standard InChI is InChI=1S/C20H28N6/c1-13(2)18-23-19(16-11-22-26(6)20(16)24-18)21-12-17(25(4)5)15-9-7-8-14(3)10-15/h7-11,13,17H,12H2,1-6H3,(H,21,23,24). The number of aromatic nitrogens is 4. The zero-order chi connectivity index (χ0) is 18.8. The average Bonchev–Trinajstić information content (AvgIpc) is 2.96. The summed E-state index contributed by atoms with van der Waals surface area (Å²) in [5, 5.41) is 8.86. The van der Waals surface area contributed by atoms with Gasteiger partial charge in [0.25, 0.3) is 0 Å². The average molecular weight is 352 g/mol. The number of aryl methyl sites for hydroxylation is 2. The van der Waals surface area contributed by atoms with E-state index in [0.29, 0.717) is 0 Å². The van der Waals surface area contributed by atoms with Gasteiger partial charge in [-0.25, -0.2) is 9.97 Å². The van der Waals surface area contributed by atoms with E-state index in [4.69, 9.17) is 4.98 Å². The summed E-state index contributed by atoms with van der Waals surface area (Å²) >= 11 is 0. The van der Waals surface area contributed by atoms with Gasteiger partial charge in [-0.15, -0.1) is 0 Å². The second-order valence-electron chi connectivity index (χ2n) is 7.37. The van der Waals surface area contributed by atoms with Gasteiger partial charge >= 0.3 is 0 Å². The molecule has 0 aliphatic rings. The van der Waals surface area contributed by atoms with Crippen LogP contribution in [0.3, 0.4) is 0 Å². The number of benzene rings is 1. The molecular weight excluding hydrogens is 324 g/mol. The van der Waals surface area contributed by atoms with Crippen molar-refractivity contribution in [1.29, 1.82) is 0 Å². The van der Waals surface area contributed by atoms with Crippen LogP contribution in [0, 0.1) is 6.92 Å². The molecular formula is C20H28N6. The van der Waals surface area contributed by atoms with Crippen LogP contribution in [-0.2, 0) is 7.05 Å². The van der Waals surface area contributed by atoms with Crippen molar-refractivity contribution < 1.29 is 0 Å². The molecule has 0 aliphatic heterocycles. The summed E-state index contributed by atoms with van der Waals surface area (Å²) in [4.78, 5) is 11.7. The van der Waals surface area contributed by atoms with Crippen LogP contribution in [0.15, 0.2) is 30.5 Å². The first-order chi connectivity index (χ1) is 12.4. The van der Waals surface area contributed by atoms with Gasteiger partial charge in [-0.05, 0) is 26.6 Å². The normalized spacial score (nSPS) is 12.9. The Morgan fingerprint density at radius 1 is 1.19 bits per heavy atom. The first-order valence-electron chi connectivity index (χ1n) is 9.03. The zero-order valence-corrected chi connectivity index (χ0v) is 16.5. The van der Waals surface area contributed by atoms with E-state index in [1.54, 1.807) is 4.68 Å². The molecule has 6 nitrogen and oxygen atoms in total. The number of anilines is 1. The number of fused-ring (bicyclic) bond motifs is 1. The third-order valence-corrected chi connectivity index (χ3v) is 4.64. The summed E-state index contributed by atoms with van der Waals surface area (Å²) in [7, 11) is 6.13. The second kappa shape index (κ2) is 7.41. The van der Waals surface area contributed by atoms with Crippen LogP contribution >= 0.6 is 0 Å². The Kier molecular flexibility index (Phi) is 5.23. The minimum Gasteiger partial charge on any atom is -0.367 e. The van der Waals surface area contributed by atoms with Crippen LogP contribution in [0.5, 0.6) is 0 Å². The maximum absolute atomic E-state index is 4.76. The second-order valence-corrected chi connectivity index (χ2v) is 7.37. The largest absolute Gasteiger partial charge is 0.367 e. The number of hydrogen-bond acceptors (Lipinski definition) is 5. The molecule has 2 heterocycles. The molecule has 26 heavy (non-hydrogen) atoms. The molecule has 0 saturated carbocycles. The highest BCUT2D eigenvalue weighted by molar-refractivity contribution is 5.86. The van der Waals surface area contributed by atoms with Crippen molar-refractivity contribution in [2.24, 2.45) is 7.05 Å². The smallest absolute Gasteiger partial charge is 0.163 e. The topological polar surface area (TPSA) is 58.9 Å². The van der Waals surface area contributed by atoms with Gasteiger partial charge in [0.2, 0.25) is 0 Å². The van der Waals surface area contributed by atoms with Crippen molar-refractivity contribution in [1.82, 2.24) is 24.6 Å². The third kappa shape index (κ3) is 3.70. The van der Waals surface area contributed by atoms with E-state index in [1.807, 2.05) is 13.2 Å². The molecule has 2 aromatic heterocycles. The Balaban J connectivity index is 1.92. The molecule has 1 unspecified atom stereocenters.